The number of alkyl halides is 3. The van der Waals surface area contributed by atoms with Gasteiger partial charge in [0.1, 0.15) is 5.82 Å². The van der Waals surface area contributed by atoms with Crippen LogP contribution in [0.25, 0.3) is 0 Å². The van der Waals surface area contributed by atoms with E-state index >= 15 is 0 Å². The third-order valence-corrected chi connectivity index (χ3v) is 4.63. The van der Waals surface area contributed by atoms with Gasteiger partial charge in [-0.1, -0.05) is 42.5 Å². The van der Waals surface area contributed by atoms with Crippen LogP contribution in [0.3, 0.4) is 0 Å². The van der Waals surface area contributed by atoms with Gasteiger partial charge in [0.15, 0.2) is 0 Å². The molecule has 0 bridgehead atoms. The van der Waals surface area contributed by atoms with Crippen molar-refractivity contribution in [3.63, 3.8) is 0 Å². The maximum absolute atomic E-state index is 13.5. The molecular weight excluding hydrogens is 421 g/mol. The molecule has 1 aromatic heterocycles. The molecule has 3 N–H and O–H groups in total. The van der Waals surface area contributed by atoms with Gasteiger partial charge in [0, 0.05) is 25.7 Å². The Morgan fingerprint density at radius 2 is 1.66 bits per heavy atom. The number of pyridine rings is 1. The zero-order valence-corrected chi connectivity index (χ0v) is 17.2. The van der Waals surface area contributed by atoms with Crippen molar-refractivity contribution < 1.29 is 22.8 Å². The second-order valence-electron chi connectivity index (χ2n) is 6.90. The second-order valence-corrected chi connectivity index (χ2v) is 6.90. The Morgan fingerprint density at radius 1 is 0.969 bits per heavy atom. The highest BCUT2D eigenvalue weighted by molar-refractivity contribution is 6.00. The molecule has 0 unspecified atom stereocenters. The van der Waals surface area contributed by atoms with Crippen LogP contribution < -0.4 is 16.0 Å². The summed E-state index contributed by atoms with van der Waals surface area (Å²) in [6, 6.07) is 16.6. The second kappa shape index (κ2) is 9.95. The van der Waals surface area contributed by atoms with Gasteiger partial charge in [-0.2, -0.15) is 13.2 Å². The van der Waals surface area contributed by atoms with Crippen molar-refractivity contribution in [2.75, 3.05) is 17.7 Å². The Morgan fingerprint density at radius 3 is 2.34 bits per heavy atom. The number of benzene rings is 2. The number of carbonyl (C=O) groups is 2. The molecule has 0 saturated carbocycles. The van der Waals surface area contributed by atoms with E-state index in [4.69, 9.17) is 0 Å². The molecule has 0 saturated heterocycles. The lowest BCUT2D eigenvalue weighted by Crippen LogP contribution is -2.19. The maximum Gasteiger partial charge on any atom is 0.419 e. The molecule has 6 nitrogen and oxygen atoms in total. The van der Waals surface area contributed by atoms with Gasteiger partial charge in [-0.25, -0.2) is 4.98 Å². The molecule has 0 fully saturated rings. The van der Waals surface area contributed by atoms with E-state index < -0.39 is 17.6 Å². The normalized spacial score (nSPS) is 11.0. The largest absolute Gasteiger partial charge is 0.419 e. The summed E-state index contributed by atoms with van der Waals surface area (Å²) in [7, 11) is 1.43. The number of amides is 2. The highest BCUT2D eigenvalue weighted by atomic mass is 19.4. The smallest absolute Gasteiger partial charge is 0.355 e. The lowest BCUT2D eigenvalue weighted by Gasteiger charge is -2.17. The molecule has 9 heteroatoms. The third kappa shape index (κ3) is 5.84. The summed E-state index contributed by atoms with van der Waals surface area (Å²) in [6.07, 6.45) is -3.41. The molecule has 0 aliphatic carbocycles. The van der Waals surface area contributed by atoms with Crippen LogP contribution in [0.1, 0.15) is 27.9 Å². The van der Waals surface area contributed by atoms with Crippen LogP contribution in [0.5, 0.6) is 0 Å². The number of nitrogens with zero attached hydrogens (tertiary/aromatic N) is 1. The summed E-state index contributed by atoms with van der Waals surface area (Å²) >= 11 is 0. The van der Waals surface area contributed by atoms with Gasteiger partial charge in [0.2, 0.25) is 5.91 Å². The summed E-state index contributed by atoms with van der Waals surface area (Å²) in [5.41, 5.74) is -0.0248. The molecular formula is C23H21F3N4O2. The Balaban J connectivity index is 1.83. The van der Waals surface area contributed by atoms with E-state index in [-0.39, 0.29) is 35.1 Å². The van der Waals surface area contributed by atoms with Crippen LogP contribution in [-0.4, -0.2) is 23.8 Å². The van der Waals surface area contributed by atoms with E-state index in [9.17, 15) is 22.8 Å². The first-order chi connectivity index (χ1) is 15.3. The van der Waals surface area contributed by atoms with Crippen LogP contribution in [0.15, 0.2) is 66.9 Å². The Bertz CT molecular complexity index is 1100. The molecule has 3 rings (SSSR count). The average molecular weight is 442 g/mol. The SMILES string of the molecule is CNC(=O)c1ccccc1Nc1cc(NC(=O)CCc2ccccc2)ncc1C(F)(F)F. The van der Waals surface area contributed by atoms with E-state index in [0.29, 0.717) is 12.6 Å². The zero-order chi connectivity index (χ0) is 23.1. The van der Waals surface area contributed by atoms with Crippen molar-refractivity contribution in [2.45, 2.75) is 19.0 Å². The van der Waals surface area contributed by atoms with Gasteiger partial charge in [-0.05, 0) is 24.1 Å². The van der Waals surface area contributed by atoms with Gasteiger partial charge in [-0.3, -0.25) is 9.59 Å². The van der Waals surface area contributed by atoms with Crippen molar-refractivity contribution in [2.24, 2.45) is 0 Å². The molecule has 2 aromatic carbocycles. The number of hydrogen-bond donors (Lipinski definition) is 3. The molecule has 0 spiro atoms. The number of para-hydroxylation sites is 1. The van der Waals surface area contributed by atoms with Crippen molar-refractivity contribution in [1.82, 2.24) is 10.3 Å². The fourth-order valence-corrected chi connectivity index (χ4v) is 3.03. The Kier molecular flexibility index (Phi) is 7.09. The predicted molar refractivity (Wildman–Crippen MR) is 116 cm³/mol. The minimum absolute atomic E-state index is 0.0315. The van der Waals surface area contributed by atoms with Crippen molar-refractivity contribution in [1.29, 1.82) is 0 Å². The monoisotopic (exact) mass is 442 g/mol. The molecule has 166 valence electrons. The lowest BCUT2D eigenvalue weighted by molar-refractivity contribution is -0.137. The number of anilines is 3. The van der Waals surface area contributed by atoms with E-state index in [0.717, 1.165) is 11.6 Å². The standard InChI is InChI=1S/C23H21F3N4O2/c1-27-22(32)16-9-5-6-10-18(16)29-19-13-20(28-14-17(19)23(24,25)26)30-21(31)12-11-15-7-3-2-4-8-15/h2-10,13-14H,11-12H2,1H3,(H,27,32)(H2,28,29,30,31). The number of nitrogens with one attached hydrogen (secondary N) is 3. The van der Waals surface area contributed by atoms with E-state index in [1.54, 1.807) is 12.1 Å². The topological polar surface area (TPSA) is 83.1 Å². The summed E-state index contributed by atoms with van der Waals surface area (Å²) < 4.78 is 40.6. The lowest BCUT2D eigenvalue weighted by atomic mass is 10.1. The summed E-state index contributed by atoms with van der Waals surface area (Å²) in [4.78, 5) is 28.1. The van der Waals surface area contributed by atoms with Gasteiger partial charge < -0.3 is 16.0 Å². The first kappa shape index (κ1) is 22.8. The van der Waals surface area contributed by atoms with Crippen molar-refractivity contribution >= 4 is 29.0 Å². The fraction of sp³-hybridized carbons (Fsp3) is 0.174. The number of rotatable bonds is 7. The number of carbonyl (C=O) groups excluding carboxylic acids is 2. The van der Waals surface area contributed by atoms with E-state index in [1.165, 1.54) is 19.2 Å². The molecule has 3 aromatic rings. The van der Waals surface area contributed by atoms with Gasteiger partial charge in [-0.15, -0.1) is 0 Å². The Labute approximate surface area is 182 Å². The molecule has 1 heterocycles. The van der Waals surface area contributed by atoms with E-state index in [2.05, 4.69) is 20.9 Å². The van der Waals surface area contributed by atoms with Crippen LogP contribution in [0.2, 0.25) is 0 Å². The van der Waals surface area contributed by atoms with Gasteiger partial charge in [0.05, 0.1) is 22.5 Å². The molecule has 0 aliphatic heterocycles. The minimum Gasteiger partial charge on any atom is -0.355 e. The van der Waals surface area contributed by atoms with Crippen LogP contribution >= 0.6 is 0 Å². The van der Waals surface area contributed by atoms with Crippen LogP contribution in [-0.2, 0) is 17.4 Å². The predicted octanol–water partition coefficient (Wildman–Crippen LogP) is 4.77. The summed E-state index contributed by atoms with van der Waals surface area (Å²) in [5.74, 6) is -0.862. The van der Waals surface area contributed by atoms with Crippen molar-refractivity contribution in [3.05, 3.63) is 83.6 Å². The van der Waals surface area contributed by atoms with Crippen LogP contribution in [0.4, 0.5) is 30.4 Å². The number of aryl methyl sites for hydroxylation is 1. The first-order valence-corrected chi connectivity index (χ1v) is 9.77. The highest BCUT2D eigenvalue weighted by Gasteiger charge is 2.34. The summed E-state index contributed by atoms with van der Waals surface area (Å²) in [6.45, 7) is 0. The third-order valence-electron chi connectivity index (χ3n) is 4.63. The molecule has 2 amide bonds. The maximum atomic E-state index is 13.5. The average Bonchev–Trinajstić information content (AvgIpc) is 2.77. The molecule has 0 aliphatic rings. The summed E-state index contributed by atoms with van der Waals surface area (Å²) in [5, 5.41) is 7.64. The van der Waals surface area contributed by atoms with Gasteiger partial charge in [0.25, 0.3) is 5.91 Å². The van der Waals surface area contributed by atoms with Gasteiger partial charge >= 0.3 is 6.18 Å². The number of aromatic nitrogens is 1. The molecule has 0 atom stereocenters. The quantitative estimate of drug-likeness (QED) is 0.492. The van der Waals surface area contributed by atoms with Crippen molar-refractivity contribution in [3.8, 4) is 0 Å². The number of hydrogen-bond acceptors (Lipinski definition) is 4. The highest BCUT2D eigenvalue weighted by Crippen LogP contribution is 2.37. The molecule has 32 heavy (non-hydrogen) atoms. The van der Waals surface area contributed by atoms with E-state index in [1.807, 2.05) is 30.3 Å². The molecule has 0 radical (unpaired) electrons. The number of halogens is 3. The zero-order valence-electron chi connectivity index (χ0n) is 17.2. The Hall–Kier alpha value is -3.88. The van der Waals surface area contributed by atoms with Crippen LogP contribution in [0, 0.1) is 0 Å². The first-order valence-electron chi connectivity index (χ1n) is 9.77. The fourth-order valence-electron chi connectivity index (χ4n) is 3.03. The minimum atomic E-state index is -4.69.